The Morgan fingerprint density at radius 1 is 1.17 bits per heavy atom. The maximum Gasteiger partial charge on any atom is 0.416 e. The van der Waals surface area contributed by atoms with Gasteiger partial charge in [0.2, 0.25) is 5.91 Å². The number of hydrogen-bond donors (Lipinski definition) is 2. The predicted octanol–water partition coefficient (Wildman–Crippen LogP) is 3.47. The van der Waals surface area contributed by atoms with Crippen molar-refractivity contribution in [3.05, 3.63) is 48.0 Å². The fourth-order valence-corrected chi connectivity index (χ4v) is 2.77. The van der Waals surface area contributed by atoms with Crippen LogP contribution >= 0.6 is 0 Å². The lowest BCUT2D eigenvalue weighted by molar-refractivity contribution is -0.137. The van der Waals surface area contributed by atoms with Gasteiger partial charge in [0.15, 0.2) is 0 Å². The van der Waals surface area contributed by atoms with Gasteiger partial charge in [-0.25, -0.2) is 4.79 Å². The molecular weight excluding hydrogens is 391 g/mol. The molecule has 154 valence electrons. The van der Waals surface area contributed by atoms with Gasteiger partial charge >= 0.3 is 12.2 Å². The van der Waals surface area contributed by atoms with Crippen molar-refractivity contribution in [3.63, 3.8) is 0 Å². The van der Waals surface area contributed by atoms with Gasteiger partial charge in [-0.3, -0.25) is 4.79 Å². The number of urea groups is 1. The third kappa shape index (κ3) is 4.53. The van der Waals surface area contributed by atoms with Gasteiger partial charge in [0, 0.05) is 19.7 Å². The first-order valence-corrected chi connectivity index (χ1v) is 8.53. The first kappa shape index (κ1) is 20.3. The van der Waals surface area contributed by atoms with Crippen LogP contribution in [-0.4, -0.2) is 43.6 Å². The minimum atomic E-state index is -4.43. The lowest BCUT2D eigenvalue weighted by Gasteiger charge is -2.19. The van der Waals surface area contributed by atoms with Crippen LogP contribution in [0.3, 0.4) is 0 Å². The average Bonchev–Trinajstić information content (AvgIpc) is 3.00. The highest BCUT2D eigenvalue weighted by Gasteiger charge is 2.33. The summed E-state index contributed by atoms with van der Waals surface area (Å²) in [4.78, 5) is 25.3. The van der Waals surface area contributed by atoms with Crippen molar-refractivity contribution < 1.29 is 32.2 Å². The number of carbonyl (C=O) groups excluding carboxylic acids is 2. The van der Waals surface area contributed by atoms with Gasteiger partial charge < -0.3 is 25.0 Å². The van der Waals surface area contributed by atoms with Gasteiger partial charge in [-0.2, -0.15) is 13.2 Å². The second-order valence-corrected chi connectivity index (χ2v) is 6.29. The number of ether oxygens (including phenoxy) is 2. The van der Waals surface area contributed by atoms with Crippen molar-refractivity contribution in [1.82, 2.24) is 10.2 Å². The smallest absolute Gasteiger partial charge is 0.416 e. The SMILES string of the molecule is COc1ccc(Oc2ccc(C(F)(F)F)cc2)cc1NC(=O)[C@@H]1CNC(=O)N1C. The Kier molecular flexibility index (Phi) is 5.53. The highest BCUT2D eigenvalue weighted by Crippen LogP contribution is 2.34. The summed E-state index contributed by atoms with van der Waals surface area (Å²) in [6.07, 6.45) is -4.43. The third-order valence-electron chi connectivity index (χ3n) is 4.38. The molecule has 0 bridgehead atoms. The van der Waals surface area contributed by atoms with Gasteiger partial charge in [-0.1, -0.05) is 0 Å². The molecule has 1 saturated heterocycles. The van der Waals surface area contributed by atoms with Crippen molar-refractivity contribution in [2.75, 3.05) is 26.0 Å². The Labute approximate surface area is 164 Å². The molecule has 2 N–H and O–H groups in total. The maximum atomic E-state index is 12.7. The normalized spacial score (nSPS) is 16.4. The number of hydrogen-bond acceptors (Lipinski definition) is 4. The van der Waals surface area contributed by atoms with Crippen molar-refractivity contribution in [2.45, 2.75) is 12.2 Å². The van der Waals surface area contributed by atoms with Crippen molar-refractivity contribution in [3.8, 4) is 17.2 Å². The molecule has 2 aromatic rings. The molecular formula is C19H18F3N3O4. The number of alkyl halides is 3. The quantitative estimate of drug-likeness (QED) is 0.793. The van der Waals surface area contributed by atoms with Crippen LogP contribution in [0.25, 0.3) is 0 Å². The van der Waals surface area contributed by atoms with Gasteiger partial charge in [0.25, 0.3) is 0 Å². The standard InChI is InChI=1S/C19H18F3N3O4/c1-25-15(10-23-18(25)27)17(26)24-14-9-13(7-8-16(14)28-2)29-12-5-3-11(4-6-12)19(20,21)22/h3-9,15H,10H2,1-2H3,(H,23,27)(H,24,26)/t15-/m0/s1. The van der Waals surface area contributed by atoms with E-state index < -0.39 is 23.7 Å². The second kappa shape index (κ2) is 7.90. The summed E-state index contributed by atoms with van der Waals surface area (Å²) in [5, 5.41) is 5.25. The fraction of sp³-hybridized carbons (Fsp3) is 0.263. The summed E-state index contributed by atoms with van der Waals surface area (Å²) >= 11 is 0. The number of nitrogens with zero attached hydrogens (tertiary/aromatic N) is 1. The molecule has 1 aliphatic heterocycles. The second-order valence-electron chi connectivity index (χ2n) is 6.29. The van der Waals surface area contributed by atoms with Gasteiger partial charge in [0.05, 0.1) is 18.4 Å². The molecule has 3 rings (SSSR count). The van der Waals surface area contributed by atoms with Crippen LogP contribution in [0, 0.1) is 0 Å². The van der Waals surface area contributed by atoms with E-state index in [0.29, 0.717) is 11.4 Å². The summed E-state index contributed by atoms with van der Waals surface area (Å²) in [6.45, 7) is 0.172. The Morgan fingerprint density at radius 2 is 1.83 bits per heavy atom. The molecule has 10 heteroatoms. The Morgan fingerprint density at radius 3 is 2.38 bits per heavy atom. The van der Waals surface area contributed by atoms with E-state index in [1.807, 2.05) is 0 Å². The lowest BCUT2D eigenvalue weighted by Crippen LogP contribution is -2.40. The van der Waals surface area contributed by atoms with E-state index in [4.69, 9.17) is 9.47 Å². The van der Waals surface area contributed by atoms with E-state index >= 15 is 0 Å². The molecule has 1 heterocycles. The van der Waals surface area contributed by atoms with Crippen molar-refractivity contribution >= 4 is 17.6 Å². The van der Waals surface area contributed by atoms with E-state index in [-0.39, 0.29) is 24.1 Å². The number of benzene rings is 2. The Bertz CT molecular complexity index is 916. The number of anilines is 1. The van der Waals surface area contributed by atoms with E-state index in [9.17, 15) is 22.8 Å². The number of rotatable bonds is 5. The number of amides is 3. The predicted molar refractivity (Wildman–Crippen MR) is 98.1 cm³/mol. The van der Waals surface area contributed by atoms with E-state index in [2.05, 4.69) is 10.6 Å². The number of carbonyl (C=O) groups is 2. The minimum Gasteiger partial charge on any atom is -0.495 e. The molecule has 3 amide bonds. The molecule has 0 aromatic heterocycles. The van der Waals surface area contributed by atoms with Gasteiger partial charge in [0.1, 0.15) is 23.3 Å². The molecule has 29 heavy (non-hydrogen) atoms. The molecule has 0 aliphatic carbocycles. The summed E-state index contributed by atoms with van der Waals surface area (Å²) in [5.74, 6) is 0.425. The molecule has 0 saturated carbocycles. The molecule has 1 aliphatic rings. The third-order valence-corrected chi connectivity index (χ3v) is 4.38. The molecule has 0 radical (unpaired) electrons. The molecule has 7 nitrogen and oxygen atoms in total. The van der Waals surface area contributed by atoms with Crippen LogP contribution in [0.4, 0.5) is 23.7 Å². The van der Waals surface area contributed by atoms with Crippen LogP contribution in [0.5, 0.6) is 17.2 Å². The average molecular weight is 409 g/mol. The monoisotopic (exact) mass is 409 g/mol. The summed E-state index contributed by atoms with van der Waals surface area (Å²) in [7, 11) is 2.93. The summed E-state index contributed by atoms with van der Waals surface area (Å²) in [5.41, 5.74) is -0.481. The fourth-order valence-electron chi connectivity index (χ4n) is 2.77. The van der Waals surface area contributed by atoms with Crippen molar-refractivity contribution in [2.24, 2.45) is 0 Å². The molecule has 1 fully saturated rings. The topological polar surface area (TPSA) is 79.9 Å². The molecule has 1 atom stereocenters. The zero-order chi connectivity index (χ0) is 21.2. The Hall–Kier alpha value is -3.43. The maximum absolute atomic E-state index is 12.7. The van der Waals surface area contributed by atoms with Crippen LogP contribution in [0.1, 0.15) is 5.56 Å². The van der Waals surface area contributed by atoms with Crippen LogP contribution in [-0.2, 0) is 11.0 Å². The van der Waals surface area contributed by atoms with Crippen molar-refractivity contribution in [1.29, 1.82) is 0 Å². The summed E-state index contributed by atoms with van der Waals surface area (Å²) < 4.78 is 48.8. The van der Waals surface area contributed by atoms with Crippen LogP contribution < -0.4 is 20.1 Å². The van der Waals surface area contributed by atoms with E-state index in [1.165, 1.54) is 37.3 Å². The van der Waals surface area contributed by atoms with E-state index in [0.717, 1.165) is 12.1 Å². The zero-order valence-electron chi connectivity index (χ0n) is 15.5. The number of likely N-dealkylation sites (N-methyl/N-ethyl adjacent to an activating group) is 1. The zero-order valence-corrected chi connectivity index (χ0v) is 15.5. The van der Waals surface area contributed by atoms with E-state index in [1.54, 1.807) is 12.1 Å². The Balaban J connectivity index is 1.76. The van der Waals surface area contributed by atoms with Gasteiger partial charge in [-0.05, 0) is 36.4 Å². The number of methoxy groups -OCH3 is 1. The summed E-state index contributed by atoms with van der Waals surface area (Å²) in [6, 6.07) is 7.80. The van der Waals surface area contributed by atoms with Gasteiger partial charge in [-0.15, -0.1) is 0 Å². The minimum absolute atomic E-state index is 0.172. The number of nitrogens with one attached hydrogen (secondary N) is 2. The molecule has 2 aromatic carbocycles. The van der Waals surface area contributed by atoms with Crippen LogP contribution in [0.2, 0.25) is 0 Å². The molecule has 0 spiro atoms. The lowest BCUT2D eigenvalue weighted by atomic mass is 10.2. The highest BCUT2D eigenvalue weighted by molar-refractivity contribution is 5.99. The largest absolute Gasteiger partial charge is 0.495 e. The molecule has 0 unspecified atom stereocenters. The highest BCUT2D eigenvalue weighted by atomic mass is 19.4. The van der Waals surface area contributed by atoms with Crippen LogP contribution in [0.15, 0.2) is 42.5 Å². The first-order valence-electron chi connectivity index (χ1n) is 8.53. The number of halogens is 3. The first-order chi connectivity index (χ1) is 13.7.